The van der Waals surface area contributed by atoms with Crippen molar-refractivity contribution in [2.75, 3.05) is 24.6 Å². The number of esters is 1. The summed E-state index contributed by atoms with van der Waals surface area (Å²) >= 11 is 0. The maximum Gasteiger partial charge on any atom is 0.320 e. The van der Waals surface area contributed by atoms with Crippen LogP contribution in [0.25, 0.3) is 0 Å². The van der Waals surface area contributed by atoms with Gasteiger partial charge in [0, 0.05) is 25.2 Å². The van der Waals surface area contributed by atoms with Crippen LogP contribution in [0.2, 0.25) is 0 Å². The monoisotopic (exact) mass is 342 g/mol. The molecule has 7 nitrogen and oxygen atoms in total. The fraction of sp³-hybridized carbons (Fsp3) is 0.500. The van der Waals surface area contributed by atoms with E-state index in [-0.39, 0.29) is 24.0 Å². The van der Waals surface area contributed by atoms with Crippen LogP contribution in [0.1, 0.15) is 25.3 Å². The van der Waals surface area contributed by atoms with Gasteiger partial charge >= 0.3 is 12.0 Å². The summed E-state index contributed by atoms with van der Waals surface area (Å²) in [5, 5.41) is 5.63. The molecule has 1 aromatic carbocycles. The zero-order valence-electron chi connectivity index (χ0n) is 14.2. The van der Waals surface area contributed by atoms with Crippen molar-refractivity contribution < 1.29 is 14.3 Å². The summed E-state index contributed by atoms with van der Waals surface area (Å²) < 4.78 is 5.13. The number of amidine groups is 1. The van der Waals surface area contributed by atoms with Gasteiger partial charge in [0.05, 0.1) is 24.3 Å². The molecule has 3 heterocycles. The number of aliphatic imine (C=N–C) groups is 1. The molecule has 25 heavy (non-hydrogen) atoms. The number of nitrogens with zero attached hydrogens (tertiary/aromatic N) is 2. The van der Waals surface area contributed by atoms with Crippen LogP contribution in [0.3, 0.4) is 0 Å². The lowest BCUT2D eigenvalue weighted by Crippen LogP contribution is -2.37. The first-order valence-electron chi connectivity index (χ1n) is 8.84. The van der Waals surface area contributed by atoms with Crippen molar-refractivity contribution in [1.29, 1.82) is 0 Å². The number of amides is 2. The summed E-state index contributed by atoms with van der Waals surface area (Å²) in [6.07, 6.45) is 2.39. The molecule has 3 aliphatic heterocycles. The van der Waals surface area contributed by atoms with E-state index in [2.05, 4.69) is 32.7 Å². The van der Waals surface area contributed by atoms with Crippen molar-refractivity contribution in [2.24, 2.45) is 10.9 Å². The number of nitrogens with one attached hydrogen (secondary N) is 2. The number of carbonyl (C=O) groups is 2. The Hall–Kier alpha value is -2.57. The molecule has 2 N–H and O–H groups in total. The van der Waals surface area contributed by atoms with Gasteiger partial charge in [0.1, 0.15) is 5.84 Å². The van der Waals surface area contributed by atoms with E-state index in [1.807, 2.05) is 13.0 Å². The first kappa shape index (κ1) is 15.9. The van der Waals surface area contributed by atoms with E-state index in [1.165, 1.54) is 0 Å². The molecule has 0 bridgehead atoms. The van der Waals surface area contributed by atoms with Gasteiger partial charge in [-0.05, 0) is 43.5 Å². The maximum absolute atomic E-state index is 11.9. The predicted molar refractivity (Wildman–Crippen MR) is 94.3 cm³/mol. The zero-order chi connectivity index (χ0) is 17.4. The Balaban J connectivity index is 1.45. The Morgan fingerprint density at radius 3 is 2.92 bits per heavy atom. The van der Waals surface area contributed by atoms with Crippen LogP contribution in [0.4, 0.5) is 16.2 Å². The summed E-state index contributed by atoms with van der Waals surface area (Å²) in [5.41, 5.74) is 3.21. The summed E-state index contributed by atoms with van der Waals surface area (Å²) in [7, 11) is 0. The van der Waals surface area contributed by atoms with Crippen molar-refractivity contribution in [2.45, 2.75) is 32.2 Å². The molecule has 0 saturated carbocycles. The molecule has 2 fully saturated rings. The summed E-state index contributed by atoms with van der Waals surface area (Å²) in [4.78, 5) is 30.2. The van der Waals surface area contributed by atoms with Crippen molar-refractivity contribution in [1.82, 2.24) is 10.6 Å². The van der Waals surface area contributed by atoms with Gasteiger partial charge in [-0.1, -0.05) is 0 Å². The number of anilines is 1. The van der Waals surface area contributed by atoms with E-state index in [9.17, 15) is 9.59 Å². The second-order valence-electron chi connectivity index (χ2n) is 6.68. The second kappa shape index (κ2) is 6.38. The first-order chi connectivity index (χ1) is 12.1. The number of rotatable bonds is 3. The van der Waals surface area contributed by atoms with E-state index >= 15 is 0 Å². The molecule has 0 spiro atoms. The van der Waals surface area contributed by atoms with Crippen molar-refractivity contribution >= 4 is 29.2 Å². The Kier molecular flexibility index (Phi) is 4.07. The van der Waals surface area contributed by atoms with Crippen LogP contribution >= 0.6 is 0 Å². The van der Waals surface area contributed by atoms with Crippen LogP contribution in [0.5, 0.6) is 0 Å². The SMILES string of the molecule is CCOC(=O)C1CCN(c2ccc3c(c2)CC2NC(=O)NC2=N3)CC1. The lowest BCUT2D eigenvalue weighted by molar-refractivity contribution is -0.148. The standard InChI is InChI=1S/C18H22N4O3/c1-2-25-17(23)11-5-7-22(8-6-11)13-3-4-14-12(9-13)10-15-16(19-14)21-18(24)20-15/h3-4,9,11,15H,2,5-8,10H2,1H3,(H2,19,20,21,24). The van der Waals surface area contributed by atoms with Crippen molar-refractivity contribution in [3.63, 3.8) is 0 Å². The van der Waals surface area contributed by atoms with Crippen LogP contribution in [0.15, 0.2) is 23.2 Å². The fourth-order valence-electron chi connectivity index (χ4n) is 3.74. The molecule has 0 radical (unpaired) electrons. The maximum atomic E-state index is 11.9. The van der Waals surface area contributed by atoms with Gasteiger partial charge in [0.25, 0.3) is 0 Å². The third-order valence-electron chi connectivity index (χ3n) is 5.09. The third-order valence-corrected chi connectivity index (χ3v) is 5.09. The average Bonchev–Trinajstić information content (AvgIpc) is 2.98. The second-order valence-corrected chi connectivity index (χ2v) is 6.68. The normalized spacial score (nSPS) is 22.4. The number of ether oxygens (including phenoxy) is 1. The van der Waals surface area contributed by atoms with E-state index in [1.54, 1.807) is 0 Å². The third kappa shape index (κ3) is 3.06. The molecular formula is C18H22N4O3. The number of piperidine rings is 1. The number of carbonyl (C=O) groups excluding carboxylic acids is 2. The van der Waals surface area contributed by atoms with Crippen molar-refractivity contribution in [3.05, 3.63) is 23.8 Å². The number of urea groups is 1. The lowest BCUT2D eigenvalue weighted by atomic mass is 9.95. The summed E-state index contributed by atoms with van der Waals surface area (Å²) in [6, 6.07) is 6.00. The molecular weight excluding hydrogens is 320 g/mol. The summed E-state index contributed by atoms with van der Waals surface area (Å²) in [5.74, 6) is 0.653. The molecule has 7 heteroatoms. The molecule has 0 aliphatic carbocycles. The highest BCUT2D eigenvalue weighted by Gasteiger charge is 2.32. The largest absolute Gasteiger partial charge is 0.466 e. The van der Waals surface area contributed by atoms with E-state index in [4.69, 9.17) is 4.74 Å². The minimum absolute atomic E-state index is 0.0146. The van der Waals surface area contributed by atoms with Crippen LogP contribution in [0, 0.1) is 5.92 Å². The van der Waals surface area contributed by atoms with Crippen LogP contribution in [-0.4, -0.2) is 43.6 Å². The molecule has 2 saturated heterocycles. The Bertz CT molecular complexity index is 738. The van der Waals surface area contributed by atoms with Gasteiger partial charge in [-0.2, -0.15) is 0 Å². The zero-order valence-corrected chi connectivity index (χ0v) is 14.2. The highest BCUT2D eigenvalue weighted by atomic mass is 16.5. The van der Waals surface area contributed by atoms with E-state index in [0.717, 1.165) is 49.3 Å². The van der Waals surface area contributed by atoms with Gasteiger partial charge in [0.15, 0.2) is 0 Å². The molecule has 1 aromatic rings. The molecule has 3 aliphatic rings. The number of hydrogen-bond donors (Lipinski definition) is 2. The van der Waals surface area contributed by atoms with Gasteiger partial charge in [-0.15, -0.1) is 0 Å². The Morgan fingerprint density at radius 2 is 2.16 bits per heavy atom. The highest BCUT2D eigenvalue weighted by molar-refractivity contribution is 6.09. The Morgan fingerprint density at radius 1 is 1.36 bits per heavy atom. The minimum atomic E-state index is -0.183. The lowest BCUT2D eigenvalue weighted by Gasteiger charge is -2.33. The number of benzene rings is 1. The van der Waals surface area contributed by atoms with Gasteiger partial charge in [-0.25, -0.2) is 9.79 Å². The molecule has 1 unspecified atom stereocenters. The molecule has 0 aromatic heterocycles. The smallest absolute Gasteiger partial charge is 0.320 e. The Labute approximate surface area is 146 Å². The summed E-state index contributed by atoms with van der Waals surface area (Å²) in [6.45, 7) is 3.98. The van der Waals surface area contributed by atoms with Crippen LogP contribution in [-0.2, 0) is 16.0 Å². The van der Waals surface area contributed by atoms with Gasteiger partial charge in [-0.3, -0.25) is 10.1 Å². The number of fused-ring (bicyclic) bond motifs is 2. The van der Waals surface area contributed by atoms with Crippen LogP contribution < -0.4 is 15.5 Å². The highest BCUT2D eigenvalue weighted by Crippen LogP contribution is 2.32. The van der Waals surface area contributed by atoms with E-state index < -0.39 is 0 Å². The average molecular weight is 342 g/mol. The quantitative estimate of drug-likeness (QED) is 0.820. The predicted octanol–water partition coefficient (Wildman–Crippen LogP) is 1.73. The topological polar surface area (TPSA) is 83.0 Å². The molecule has 2 amide bonds. The van der Waals surface area contributed by atoms with Gasteiger partial charge in [0.2, 0.25) is 0 Å². The van der Waals surface area contributed by atoms with Crippen molar-refractivity contribution in [3.8, 4) is 0 Å². The molecule has 1 atom stereocenters. The first-order valence-corrected chi connectivity index (χ1v) is 8.84. The van der Waals surface area contributed by atoms with E-state index in [0.29, 0.717) is 12.4 Å². The molecule has 4 rings (SSSR count). The van der Waals surface area contributed by atoms with Gasteiger partial charge < -0.3 is 15.0 Å². The fourth-order valence-corrected chi connectivity index (χ4v) is 3.74. The minimum Gasteiger partial charge on any atom is -0.466 e. The number of hydrogen-bond acceptors (Lipinski definition) is 5. The molecule has 132 valence electrons.